The van der Waals surface area contributed by atoms with Crippen molar-refractivity contribution in [2.24, 2.45) is 0 Å². The van der Waals surface area contributed by atoms with Gasteiger partial charge in [-0.05, 0) is 43.3 Å². The molecule has 0 aliphatic heterocycles. The molecule has 2 aromatic carbocycles. The highest BCUT2D eigenvalue weighted by atomic mass is 28.4. The Bertz CT molecular complexity index is 597. The monoisotopic (exact) mass is 328 g/mol. The Balaban J connectivity index is 1.63. The van der Waals surface area contributed by atoms with Crippen LogP contribution in [-0.4, -0.2) is 27.5 Å². The van der Waals surface area contributed by atoms with Crippen LogP contribution in [0.4, 0.5) is 0 Å². The molecule has 0 unspecified atom stereocenters. The van der Waals surface area contributed by atoms with Crippen LogP contribution in [0.1, 0.15) is 23.2 Å². The van der Waals surface area contributed by atoms with Crippen LogP contribution in [-0.2, 0) is 9.16 Å². The molecule has 122 valence electrons. The van der Waals surface area contributed by atoms with Crippen molar-refractivity contribution in [3.63, 3.8) is 0 Å². The molecule has 0 aliphatic carbocycles. The van der Waals surface area contributed by atoms with E-state index in [9.17, 15) is 4.79 Å². The van der Waals surface area contributed by atoms with E-state index in [1.165, 1.54) is 5.19 Å². The largest absolute Gasteiger partial charge is 0.462 e. The SMILES string of the molecule is C[Si](C)(OCCCCOC(=O)c1ccccc1)c1ccccc1. The molecule has 0 aromatic heterocycles. The predicted molar refractivity (Wildman–Crippen MR) is 95.5 cm³/mol. The van der Waals surface area contributed by atoms with Gasteiger partial charge in [0.25, 0.3) is 0 Å². The van der Waals surface area contributed by atoms with Gasteiger partial charge in [0.2, 0.25) is 8.32 Å². The van der Waals surface area contributed by atoms with E-state index in [0.29, 0.717) is 18.8 Å². The van der Waals surface area contributed by atoms with E-state index in [0.717, 1.165) is 12.8 Å². The van der Waals surface area contributed by atoms with Crippen molar-refractivity contribution >= 4 is 19.5 Å². The molecule has 0 saturated carbocycles. The van der Waals surface area contributed by atoms with Gasteiger partial charge >= 0.3 is 5.97 Å². The van der Waals surface area contributed by atoms with Crippen LogP contribution >= 0.6 is 0 Å². The summed E-state index contributed by atoms with van der Waals surface area (Å²) in [5.41, 5.74) is 0.598. The molecule has 0 heterocycles. The van der Waals surface area contributed by atoms with Crippen molar-refractivity contribution in [1.29, 1.82) is 0 Å². The zero-order chi connectivity index (χ0) is 16.5. The Morgan fingerprint density at radius 1 is 0.870 bits per heavy atom. The maximum atomic E-state index is 11.8. The van der Waals surface area contributed by atoms with E-state index in [4.69, 9.17) is 9.16 Å². The average molecular weight is 328 g/mol. The highest BCUT2D eigenvalue weighted by molar-refractivity contribution is 6.84. The van der Waals surface area contributed by atoms with Crippen LogP contribution in [0.5, 0.6) is 0 Å². The van der Waals surface area contributed by atoms with Gasteiger partial charge in [-0.25, -0.2) is 4.79 Å². The number of carbonyl (C=O) groups excluding carboxylic acids is 1. The Labute approximate surface area is 139 Å². The summed E-state index contributed by atoms with van der Waals surface area (Å²) in [7, 11) is -1.82. The number of rotatable bonds is 8. The fraction of sp³-hybridized carbons (Fsp3) is 0.316. The quantitative estimate of drug-likeness (QED) is 0.420. The predicted octanol–water partition coefficient (Wildman–Crippen LogP) is 3.75. The first-order valence-corrected chi connectivity index (χ1v) is 10.9. The number of unbranched alkanes of at least 4 members (excludes halogenated alkanes) is 1. The van der Waals surface area contributed by atoms with Crippen molar-refractivity contribution in [2.45, 2.75) is 25.9 Å². The molecule has 23 heavy (non-hydrogen) atoms. The molecule has 4 heteroatoms. The van der Waals surface area contributed by atoms with Crippen molar-refractivity contribution in [2.75, 3.05) is 13.2 Å². The molecular weight excluding hydrogens is 304 g/mol. The maximum absolute atomic E-state index is 11.8. The molecule has 2 rings (SSSR count). The van der Waals surface area contributed by atoms with E-state index in [1.807, 2.05) is 24.3 Å². The third-order valence-electron chi connectivity index (χ3n) is 3.71. The second kappa shape index (κ2) is 8.65. The van der Waals surface area contributed by atoms with Crippen LogP contribution in [0.2, 0.25) is 13.1 Å². The van der Waals surface area contributed by atoms with Gasteiger partial charge in [-0.2, -0.15) is 0 Å². The zero-order valence-corrected chi connectivity index (χ0v) is 14.8. The van der Waals surface area contributed by atoms with Crippen molar-refractivity contribution in [1.82, 2.24) is 0 Å². The standard InChI is InChI=1S/C19H24O3Si/c1-23(2,18-13-7-4-8-14-18)22-16-10-9-15-21-19(20)17-11-5-3-6-12-17/h3-8,11-14H,9-10,15-16H2,1-2H3. The molecule has 0 amide bonds. The summed E-state index contributed by atoms with van der Waals surface area (Å²) in [6.45, 7) is 5.55. The van der Waals surface area contributed by atoms with E-state index in [-0.39, 0.29) is 5.97 Å². The number of esters is 1. The highest BCUT2D eigenvalue weighted by Crippen LogP contribution is 2.07. The molecule has 0 aliphatic rings. The number of ether oxygens (including phenoxy) is 1. The van der Waals surface area contributed by atoms with Crippen LogP contribution in [0, 0.1) is 0 Å². The third-order valence-corrected chi connectivity index (χ3v) is 6.36. The van der Waals surface area contributed by atoms with Gasteiger partial charge in [0.15, 0.2) is 0 Å². The molecule has 0 N–H and O–H groups in total. The van der Waals surface area contributed by atoms with Crippen molar-refractivity contribution in [3.05, 3.63) is 66.2 Å². The average Bonchev–Trinajstić information content (AvgIpc) is 2.59. The number of hydrogen-bond acceptors (Lipinski definition) is 3. The molecule has 0 spiro atoms. The topological polar surface area (TPSA) is 35.5 Å². The van der Waals surface area contributed by atoms with Crippen LogP contribution in [0.25, 0.3) is 0 Å². The Hall–Kier alpha value is -1.91. The first-order valence-electron chi connectivity index (χ1n) is 8.01. The smallest absolute Gasteiger partial charge is 0.338 e. The fourth-order valence-electron chi connectivity index (χ4n) is 2.28. The van der Waals surface area contributed by atoms with Gasteiger partial charge in [-0.1, -0.05) is 48.5 Å². The molecule has 3 nitrogen and oxygen atoms in total. The summed E-state index contributed by atoms with van der Waals surface area (Å²) in [6.07, 6.45) is 1.71. The molecule has 2 aromatic rings. The Kier molecular flexibility index (Phi) is 6.56. The van der Waals surface area contributed by atoms with E-state index < -0.39 is 8.32 Å². The second-order valence-corrected chi connectivity index (χ2v) is 9.82. The number of benzene rings is 2. The fourth-order valence-corrected chi connectivity index (χ4v) is 4.09. The van der Waals surface area contributed by atoms with E-state index >= 15 is 0 Å². The molecule has 0 saturated heterocycles. The van der Waals surface area contributed by atoms with Crippen LogP contribution in [0.3, 0.4) is 0 Å². The van der Waals surface area contributed by atoms with Gasteiger partial charge in [0.05, 0.1) is 12.2 Å². The minimum absolute atomic E-state index is 0.259. The minimum Gasteiger partial charge on any atom is -0.462 e. The lowest BCUT2D eigenvalue weighted by atomic mass is 10.2. The first-order chi connectivity index (χ1) is 11.1. The van der Waals surface area contributed by atoms with Gasteiger partial charge in [-0.3, -0.25) is 0 Å². The van der Waals surface area contributed by atoms with Crippen molar-refractivity contribution < 1.29 is 14.0 Å². The highest BCUT2D eigenvalue weighted by Gasteiger charge is 2.24. The van der Waals surface area contributed by atoms with Gasteiger partial charge < -0.3 is 9.16 Å². The summed E-state index contributed by atoms with van der Waals surface area (Å²) in [5.74, 6) is -0.259. The van der Waals surface area contributed by atoms with Gasteiger partial charge in [0.1, 0.15) is 0 Å². The molecule has 0 bridgehead atoms. The molecule has 0 atom stereocenters. The normalized spacial score (nSPS) is 11.2. The van der Waals surface area contributed by atoms with Crippen LogP contribution in [0.15, 0.2) is 60.7 Å². The minimum atomic E-state index is -1.82. The maximum Gasteiger partial charge on any atom is 0.338 e. The van der Waals surface area contributed by atoms with E-state index in [1.54, 1.807) is 12.1 Å². The lowest BCUT2D eigenvalue weighted by Gasteiger charge is -2.23. The second-order valence-electron chi connectivity index (χ2n) is 5.93. The molecule has 0 radical (unpaired) electrons. The lowest BCUT2D eigenvalue weighted by Crippen LogP contribution is -2.44. The summed E-state index contributed by atoms with van der Waals surface area (Å²) in [6, 6.07) is 19.5. The summed E-state index contributed by atoms with van der Waals surface area (Å²) < 4.78 is 11.4. The zero-order valence-electron chi connectivity index (χ0n) is 13.8. The van der Waals surface area contributed by atoms with Crippen molar-refractivity contribution in [3.8, 4) is 0 Å². The van der Waals surface area contributed by atoms with Gasteiger partial charge in [0, 0.05) is 6.61 Å². The summed E-state index contributed by atoms with van der Waals surface area (Å²) in [5, 5.41) is 1.30. The number of hydrogen-bond donors (Lipinski definition) is 0. The third kappa shape index (κ3) is 5.66. The Morgan fingerprint density at radius 2 is 1.43 bits per heavy atom. The van der Waals surface area contributed by atoms with E-state index in [2.05, 4.69) is 37.4 Å². The molecular formula is C19H24O3Si. The lowest BCUT2D eigenvalue weighted by molar-refractivity contribution is 0.0493. The first kappa shape index (κ1) is 17.4. The Morgan fingerprint density at radius 3 is 2.09 bits per heavy atom. The molecule has 0 fully saturated rings. The summed E-state index contributed by atoms with van der Waals surface area (Å²) >= 11 is 0. The number of carbonyl (C=O) groups is 1. The van der Waals surface area contributed by atoms with Crippen LogP contribution < -0.4 is 5.19 Å². The summed E-state index contributed by atoms with van der Waals surface area (Å²) in [4.78, 5) is 11.8. The van der Waals surface area contributed by atoms with Gasteiger partial charge in [-0.15, -0.1) is 0 Å².